The Morgan fingerprint density at radius 1 is 0.889 bits per heavy atom. The molecule has 0 radical (unpaired) electrons. The molecule has 0 bridgehead atoms. The Hall–Kier alpha value is -4.36. The number of hydrogen-bond donors (Lipinski definition) is 1. The van der Waals surface area contributed by atoms with Crippen LogP contribution in [0.5, 0.6) is 0 Å². The largest absolute Gasteiger partial charge is 0.360 e. The van der Waals surface area contributed by atoms with Crippen LogP contribution in [-0.2, 0) is 0 Å². The van der Waals surface area contributed by atoms with Gasteiger partial charge in [0.2, 0.25) is 0 Å². The van der Waals surface area contributed by atoms with Crippen LogP contribution in [0.4, 0.5) is 5.82 Å². The van der Waals surface area contributed by atoms with Crippen molar-refractivity contribution < 1.29 is 0 Å². The predicted molar refractivity (Wildman–Crippen MR) is 147 cm³/mol. The Labute approximate surface area is 212 Å². The highest BCUT2D eigenvalue weighted by atomic mass is 32.1. The van der Waals surface area contributed by atoms with Crippen LogP contribution in [0, 0.1) is 6.92 Å². The van der Waals surface area contributed by atoms with Crippen molar-refractivity contribution in [1.82, 2.24) is 19.5 Å². The van der Waals surface area contributed by atoms with Crippen LogP contribution in [0.2, 0.25) is 0 Å². The van der Waals surface area contributed by atoms with E-state index in [9.17, 15) is 4.79 Å². The fourth-order valence-corrected chi connectivity index (χ4v) is 5.35. The standard InChI is InChI=1S/C29H23N5OS/c1-18-9-6-7-13-22(18)23-14-8-10-20-15-24(34(29(35)25(20)23)21-11-4-3-5-12-21)19(2)33-27-26-28(31-16-30-27)36-17-32-26/h3-17,19H,1-2H3,(H,30,31,33)/t19-/m0/s1. The van der Waals surface area contributed by atoms with Gasteiger partial charge in [0, 0.05) is 11.4 Å². The summed E-state index contributed by atoms with van der Waals surface area (Å²) in [7, 11) is 0. The van der Waals surface area contributed by atoms with Crippen molar-refractivity contribution in [2.75, 3.05) is 5.32 Å². The molecule has 0 spiro atoms. The highest BCUT2D eigenvalue weighted by molar-refractivity contribution is 7.16. The highest BCUT2D eigenvalue weighted by Gasteiger charge is 2.20. The minimum absolute atomic E-state index is 0.0531. The minimum Gasteiger partial charge on any atom is -0.360 e. The quantitative estimate of drug-likeness (QED) is 0.298. The summed E-state index contributed by atoms with van der Waals surface area (Å²) in [6.07, 6.45) is 1.54. The predicted octanol–water partition coefficient (Wildman–Crippen LogP) is 6.54. The molecule has 0 amide bonds. The SMILES string of the molecule is Cc1ccccc1-c1cccc2cc([C@H](C)Nc3ncnc4scnc34)n(-c3ccccc3)c(=O)c12. The first-order valence-corrected chi connectivity index (χ1v) is 12.6. The zero-order valence-electron chi connectivity index (χ0n) is 19.8. The third kappa shape index (κ3) is 3.74. The first-order valence-electron chi connectivity index (χ1n) is 11.7. The molecule has 6 aromatic rings. The summed E-state index contributed by atoms with van der Waals surface area (Å²) < 4.78 is 1.81. The summed E-state index contributed by atoms with van der Waals surface area (Å²) in [4.78, 5) is 28.3. The lowest BCUT2D eigenvalue weighted by atomic mass is 9.95. The molecule has 0 aliphatic carbocycles. The van der Waals surface area contributed by atoms with Crippen LogP contribution in [0.3, 0.4) is 0 Å². The summed E-state index contributed by atoms with van der Waals surface area (Å²) in [5.74, 6) is 0.648. The molecule has 6 rings (SSSR count). The van der Waals surface area contributed by atoms with Gasteiger partial charge in [-0.15, -0.1) is 11.3 Å². The first kappa shape index (κ1) is 22.1. The van der Waals surface area contributed by atoms with Gasteiger partial charge in [0.05, 0.1) is 16.9 Å². The summed E-state index contributed by atoms with van der Waals surface area (Å²) in [6, 6.07) is 25.9. The maximum atomic E-state index is 14.3. The number of anilines is 1. The number of rotatable bonds is 5. The molecule has 0 aliphatic heterocycles. The van der Waals surface area contributed by atoms with Gasteiger partial charge in [0.15, 0.2) is 5.82 Å². The summed E-state index contributed by atoms with van der Waals surface area (Å²) in [5, 5.41) is 5.08. The van der Waals surface area contributed by atoms with E-state index in [2.05, 4.69) is 45.4 Å². The maximum absolute atomic E-state index is 14.3. The summed E-state index contributed by atoms with van der Waals surface area (Å²) >= 11 is 1.47. The topological polar surface area (TPSA) is 72.7 Å². The molecule has 0 saturated carbocycles. The van der Waals surface area contributed by atoms with Gasteiger partial charge < -0.3 is 5.32 Å². The molecule has 176 valence electrons. The Morgan fingerprint density at radius 3 is 2.50 bits per heavy atom. The number of thiazole rings is 1. The second-order valence-corrected chi connectivity index (χ2v) is 9.56. The second-order valence-electron chi connectivity index (χ2n) is 8.72. The van der Waals surface area contributed by atoms with Gasteiger partial charge in [-0.25, -0.2) is 15.0 Å². The van der Waals surface area contributed by atoms with Gasteiger partial charge in [-0.3, -0.25) is 9.36 Å². The molecule has 7 heteroatoms. The van der Waals surface area contributed by atoms with Crippen molar-refractivity contribution in [2.45, 2.75) is 19.9 Å². The van der Waals surface area contributed by atoms with Gasteiger partial charge in [-0.2, -0.15) is 0 Å². The van der Waals surface area contributed by atoms with Crippen LogP contribution in [0.25, 0.3) is 37.9 Å². The van der Waals surface area contributed by atoms with E-state index < -0.39 is 0 Å². The molecule has 0 saturated heterocycles. The number of para-hydroxylation sites is 1. The molecule has 0 unspecified atom stereocenters. The van der Waals surface area contributed by atoms with E-state index in [4.69, 9.17) is 0 Å². The molecule has 3 aromatic heterocycles. The van der Waals surface area contributed by atoms with Crippen molar-refractivity contribution in [1.29, 1.82) is 0 Å². The number of pyridine rings is 1. The number of benzene rings is 3. The van der Waals surface area contributed by atoms with Gasteiger partial charge >= 0.3 is 0 Å². The van der Waals surface area contributed by atoms with Crippen LogP contribution >= 0.6 is 11.3 Å². The van der Waals surface area contributed by atoms with Crippen molar-refractivity contribution in [2.24, 2.45) is 0 Å². The molecule has 36 heavy (non-hydrogen) atoms. The second kappa shape index (κ2) is 9.02. The Kier molecular flexibility index (Phi) is 5.54. The molecule has 3 aromatic carbocycles. The highest BCUT2D eigenvalue weighted by Crippen LogP contribution is 2.32. The Balaban J connectivity index is 1.59. The fraction of sp³-hybridized carbons (Fsp3) is 0.103. The lowest BCUT2D eigenvalue weighted by Gasteiger charge is -2.22. The molecular weight excluding hydrogens is 466 g/mol. The third-order valence-corrected chi connectivity index (χ3v) is 7.19. The summed E-state index contributed by atoms with van der Waals surface area (Å²) in [6.45, 7) is 4.11. The van der Waals surface area contributed by atoms with Crippen LogP contribution in [0.1, 0.15) is 24.2 Å². The van der Waals surface area contributed by atoms with E-state index in [-0.39, 0.29) is 11.6 Å². The first-order chi connectivity index (χ1) is 17.6. The van der Waals surface area contributed by atoms with Crippen molar-refractivity contribution in [3.05, 3.63) is 112 Å². The lowest BCUT2D eigenvalue weighted by molar-refractivity contribution is 0.774. The van der Waals surface area contributed by atoms with Crippen molar-refractivity contribution in [3.63, 3.8) is 0 Å². The Bertz CT molecular complexity index is 1770. The molecule has 0 fully saturated rings. The van der Waals surface area contributed by atoms with E-state index in [1.165, 1.54) is 17.7 Å². The number of nitrogens with one attached hydrogen (secondary N) is 1. The summed E-state index contributed by atoms with van der Waals surface area (Å²) in [5.41, 5.74) is 7.21. The van der Waals surface area contributed by atoms with Crippen LogP contribution in [-0.4, -0.2) is 19.5 Å². The number of aryl methyl sites for hydroxylation is 1. The molecule has 6 nitrogen and oxygen atoms in total. The molecule has 3 heterocycles. The number of nitrogens with zero attached hydrogens (tertiary/aromatic N) is 4. The monoisotopic (exact) mass is 489 g/mol. The van der Waals surface area contributed by atoms with Crippen LogP contribution in [0.15, 0.2) is 95.5 Å². The van der Waals surface area contributed by atoms with Gasteiger partial charge in [0.25, 0.3) is 5.56 Å². The molecule has 1 N–H and O–H groups in total. The normalized spacial score (nSPS) is 12.2. The zero-order chi connectivity index (χ0) is 24.6. The van der Waals surface area contributed by atoms with Gasteiger partial charge in [-0.05, 0) is 54.1 Å². The smallest absolute Gasteiger partial charge is 0.263 e. The molecule has 1 atom stereocenters. The molecular formula is C29H23N5OS. The number of aromatic nitrogens is 4. The van der Waals surface area contributed by atoms with E-state index in [1.54, 1.807) is 10.1 Å². The van der Waals surface area contributed by atoms with E-state index in [0.29, 0.717) is 11.2 Å². The third-order valence-electron chi connectivity index (χ3n) is 6.46. The van der Waals surface area contributed by atoms with Gasteiger partial charge in [-0.1, -0.05) is 60.7 Å². The number of hydrogen-bond acceptors (Lipinski definition) is 6. The Morgan fingerprint density at radius 2 is 1.67 bits per heavy atom. The minimum atomic E-state index is -0.232. The average molecular weight is 490 g/mol. The van der Waals surface area contributed by atoms with E-state index in [0.717, 1.165) is 43.8 Å². The van der Waals surface area contributed by atoms with Crippen molar-refractivity contribution >= 4 is 38.3 Å². The number of fused-ring (bicyclic) bond motifs is 2. The zero-order valence-corrected chi connectivity index (χ0v) is 20.7. The molecule has 0 aliphatic rings. The maximum Gasteiger partial charge on any atom is 0.263 e. The van der Waals surface area contributed by atoms with E-state index in [1.807, 2.05) is 67.6 Å². The average Bonchev–Trinajstić information content (AvgIpc) is 3.39. The van der Waals surface area contributed by atoms with Crippen molar-refractivity contribution in [3.8, 4) is 16.8 Å². The van der Waals surface area contributed by atoms with Gasteiger partial charge in [0.1, 0.15) is 16.7 Å². The lowest BCUT2D eigenvalue weighted by Crippen LogP contribution is -2.26. The fourth-order valence-electron chi connectivity index (χ4n) is 4.72. The van der Waals surface area contributed by atoms with Crippen LogP contribution < -0.4 is 10.9 Å². The van der Waals surface area contributed by atoms with E-state index >= 15 is 0 Å².